The normalized spacial score (nSPS) is 12.7. The molecule has 0 aliphatic carbocycles. The predicted molar refractivity (Wildman–Crippen MR) is 51.1 cm³/mol. The molecule has 1 atom stereocenters. The molecule has 2 N–H and O–H groups in total. The zero-order valence-corrected chi connectivity index (χ0v) is 8.63. The van der Waals surface area contributed by atoms with E-state index in [4.69, 9.17) is 10.5 Å². The Morgan fingerprint density at radius 1 is 1.67 bits per heavy atom. The smallest absolute Gasteiger partial charge is 0.217 e. The number of rotatable bonds is 2. The molecule has 1 aromatic rings. The predicted octanol–water partition coefficient (Wildman–Crippen LogP) is 1.87. The van der Waals surface area contributed by atoms with E-state index < -0.39 is 0 Å². The van der Waals surface area contributed by atoms with E-state index in [2.05, 4.69) is 20.9 Å². The summed E-state index contributed by atoms with van der Waals surface area (Å²) in [6.07, 6.45) is 1.69. The molecule has 1 heterocycles. The largest absolute Gasteiger partial charge is 0.481 e. The van der Waals surface area contributed by atoms with Crippen molar-refractivity contribution in [1.82, 2.24) is 4.98 Å². The van der Waals surface area contributed by atoms with Gasteiger partial charge in [-0.15, -0.1) is 0 Å². The molecule has 0 bridgehead atoms. The minimum atomic E-state index is -0.0649. The number of nitrogens with zero attached hydrogens (tertiary/aromatic N) is 1. The Labute approximate surface area is 80.1 Å². The highest BCUT2D eigenvalue weighted by molar-refractivity contribution is 9.10. The summed E-state index contributed by atoms with van der Waals surface area (Å²) in [7, 11) is 1.59. The molecule has 0 fully saturated rings. The van der Waals surface area contributed by atoms with Crippen LogP contribution in [0.3, 0.4) is 0 Å². The molecular formula is C8H11BrN2O. The van der Waals surface area contributed by atoms with Crippen LogP contribution in [0.25, 0.3) is 0 Å². The first-order valence-corrected chi connectivity index (χ1v) is 4.39. The van der Waals surface area contributed by atoms with Gasteiger partial charge in [-0.1, -0.05) is 0 Å². The van der Waals surface area contributed by atoms with E-state index in [9.17, 15) is 0 Å². The van der Waals surface area contributed by atoms with Crippen molar-refractivity contribution >= 4 is 15.9 Å². The van der Waals surface area contributed by atoms with E-state index >= 15 is 0 Å². The molecule has 1 unspecified atom stereocenters. The molecule has 0 radical (unpaired) electrons. The summed E-state index contributed by atoms with van der Waals surface area (Å²) < 4.78 is 5.96. The summed E-state index contributed by atoms with van der Waals surface area (Å²) in [5.74, 6) is 0.591. The van der Waals surface area contributed by atoms with Crippen LogP contribution in [0.2, 0.25) is 0 Å². The van der Waals surface area contributed by atoms with Gasteiger partial charge in [-0.2, -0.15) is 0 Å². The van der Waals surface area contributed by atoms with Crippen molar-refractivity contribution in [1.29, 1.82) is 0 Å². The van der Waals surface area contributed by atoms with Gasteiger partial charge >= 0.3 is 0 Å². The summed E-state index contributed by atoms with van der Waals surface area (Å²) in [5.41, 5.74) is 6.63. The topological polar surface area (TPSA) is 48.1 Å². The number of halogens is 1. The molecule has 3 nitrogen and oxygen atoms in total. The number of pyridine rings is 1. The maximum absolute atomic E-state index is 5.72. The molecule has 0 amide bonds. The van der Waals surface area contributed by atoms with Gasteiger partial charge in [-0.25, -0.2) is 4.98 Å². The first kappa shape index (κ1) is 9.48. The van der Waals surface area contributed by atoms with Crippen molar-refractivity contribution in [3.63, 3.8) is 0 Å². The third kappa shape index (κ3) is 1.95. The van der Waals surface area contributed by atoms with Gasteiger partial charge < -0.3 is 10.5 Å². The molecular weight excluding hydrogens is 220 g/mol. The fraction of sp³-hybridized carbons (Fsp3) is 0.375. The van der Waals surface area contributed by atoms with Crippen LogP contribution in [0, 0.1) is 0 Å². The lowest BCUT2D eigenvalue weighted by Crippen LogP contribution is -2.07. The number of nitrogens with two attached hydrogens (primary N) is 1. The van der Waals surface area contributed by atoms with Crippen molar-refractivity contribution in [2.75, 3.05) is 7.11 Å². The van der Waals surface area contributed by atoms with Crippen LogP contribution in [0.1, 0.15) is 18.5 Å². The third-order valence-corrected chi connectivity index (χ3v) is 1.96. The Balaban J connectivity index is 3.12. The second-order valence-electron chi connectivity index (χ2n) is 2.54. The van der Waals surface area contributed by atoms with Crippen molar-refractivity contribution in [2.45, 2.75) is 13.0 Å². The summed E-state index contributed by atoms with van der Waals surface area (Å²) in [6.45, 7) is 1.89. The quantitative estimate of drug-likeness (QED) is 0.845. The van der Waals surface area contributed by atoms with Gasteiger partial charge in [0.2, 0.25) is 5.88 Å². The van der Waals surface area contributed by atoms with Gasteiger partial charge in [0.15, 0.2) is 0 Å². The lowest BCUT2D eigenvalue weighted by atomic mass is 10.1. The Bertz CT molecular complexity index is 276. The average Bonchev–Trinajstić information content (AvgIpc) is 2.04. The van der Waals surface area contributed by atoms with Crippen molar-refractivity contribution < 1.29 is 4.74 Å². The number of methoxy groups -OCH3 is 1. The first-order valence-electron chi connectivity index (χ1n) is 3.60. The van der Waals surface area contributed by atoms with Gasteiger partial charge in [0.05, 0.1) is 7.11 Å². The highest BCUT2D eigenvalue weighted by atomic mass is 79.9. The van der Waals surface area contributed by atoms with Crippen molar-refractivity contribution in [3.8, 4) is 5.88 Å². The molecule has 0 aromatic carbocycles. The number of hydrogen-bond acceptors (Lipinski definition) is 3. The van der Waals surface area contributed by atoms with Crippen LogP contribution in [0.4, 0.5) is 0 Å². The Morgan fingerprint density at radius 2 is 2.33 bits per heavy atom. The average molecular weight is 231 g/mol. The Hall–Kier alpha value is -0.610. The Kier molecular flexibility index (Phi) is 3.05. The van der Waals surface area contributed by atoms with Gasteiger partial charge in [-0.05, 0) is 28.9 Å². The highest BCUT2D eigenvalue weighted by Gasteiger charge is 2.08. The third-order valence-electron chi connectivity index (χ3n) is 1.53. The second-order valence-corrected chi connectivity index (χ2v) is 3.46. The van der Waals surface area contributed by atoms with E-state index in [1.807, 2.05) is 13.0 Å². The van der Waals surface area contributed by atoms with Gasteiger partial charge in [0.25, 0.3) is 0 Å². The number of aromatic nitrogens is 1. The van der Waals surface area contributed by atoms with E-state index in [0.29, 0.717) is 5.88 Å². The fourth-order valence-corrected chi connectivity index (χ4v) is 1.29. The molecule has 66 valence electrons. The maximum Gasteiger partial charge on any atom is 0.217 e. The maximum atomic E-state index is 5.72. The monoisotopic (exact) mass is 230 g/mol. The molecule has 1 aromatic heterocycles. The van der Waals surface area contributed by atoms with E-state index in [1.54, 1.807) is 13.3 Å². The zero-order chi connectivity index (χ0) is 9.14. The molecule has 0 spiro atoms. The van der Waals surface area contributed by atoms with Crippen LogP contribution in [-0.2, 0) is 0 Å². The summed E-state index contributed by atoms with van der Waals surface area (Å²) in [4.78, 5) is 4.07. The van der Waals surface area contributed by atoms with Crippen molar-refractivity contribution in [2.24, 2.45) is 5.73 Å². The molecule has 0 aliphatic rings. The summed E-state index contributed by atoms with van der Waals surface area (Å²) in [6, 6.07) is 1.85. The minimum Gasteiger partial charge on any atom is -0.481 e. The van der Waals surface area contributed by atoms with E-state index in [1.165, 1.54) is 0 Å². The minimum absolute atomic E-state index is 0.0649. The molecule has 4 heteroatoms. The molecule has 12 heavy (non-hydrogen) atoms. The standard InChI is InChI=1S/C8H11BrN2O/c1-5(10)7-3-6(9)4-11-8(7)12-2/h3-5H,10H2,1-2H3. The molecule has 0 aliphatic heterocycles. The van der Waals surface area contributed by atoms with E-state index in [-0.39, 0.29) is 6.04 Å². The lowest BCUT2D eigenvalue weighted by molar-refractivity contribution is 0.389. The van der Waals surface area contributed by atoms with Crippen LogP contribution < -0.4 is 10.5 Å². The van der Waals surface area contributed by atoms with Crippen LogP contribution >= 0.6 is 15.9 Å². The summed E-state index contributed by atoms with van der Waals surface area (Å²) in [5, 5.41) is 0. The molecule has 0 saturated carbocycles. The van der Waals surface area contributed by atoms with Gasteiger partial charge in [-0.3, -0.25) is 0 Å². The summed E-state index contributed by atoms with van der Waals surface area (Å²) >= 11 is 3.32. The van der Waals surface area contributed by atoms with E-state index in [0.717, 1.165) is 10.0 Å². The van der Waals surface area contributed by atoms with Crippen molar-refractivity contribution in [3.05, 3.63) is 22.3 Å². The van der Waals surface area contributed by atoms with Gasteiger partial charge in [0.1, 0.15) is 0 Å². The van der Waals surface area contributed by atoms with Crippen LogP contribution in [-0.4, -0.2) is 12.1 Å². The number of ether oxygens (including phenoxy) is 1. The fourth-order valence-electron chi connectivity index (χ4n) is 0.939. The van der Waals surface area contributed by atoms with Crippen LogP contribution in [0.15, 0.2) is 16.7 Å². The second kappa shape index (κ2) is 3.87. The molecule has 1 rings (SSSR count). The first-order chi connectivity index (χ1) is 5.65. The zero-order valence-electron chi connectivity index (χ0n) is 7.04. The lowest BCUT2D eigenvalue weighted by Gasteiger charge is -2.09. The number of hydrogen-bond donors (Lipinski definition) is 1. The Morgan fingerprint density at radius 3 is 2.83 bits per heavy atom. The van der Waals surface area contributed by atoms with Crippen LogP contribution in [0.5, 0.6) is 5.88 Å². The van der Waals surface area contributed by atoms with Gasteiger partial charge in [0, 0.05) is 22.3 Å². The SMILES string of the molecule is COc1ncc(Br)cc1C(C)N. The highest BCUT2D eigenvalue weighted by Crippen LogP contribution is 2.23. The molecule has 0 saturated heterocycles.